The van der Waals surface area contributed by atoms with Crippen LogP contribution in [0, 0.1) is 5.95 Å². The summed E-state index contributed by atoms with van der Waals surface area (Å²) in [4.78, 5) is 27.2. The molecule has 0 saturated carbocycles. The Morgan fingerprint density at radius 3 is 2.39 bits per heavy atom. The van der Waals surface area contributed by atoms with Gasteiger partial charge in [0.25, 0.3) is 5.56 Å². The molecule has 36 heavy (non-hydrogen) atoms. The Hall–Kier alpha value is -3.92. The lowest BCUT2D eigenvalue weighted by Gasteiger charge is -2.36. The molecular formula is C26H25F3N6O. The van der Waals surface area contributed by atoms with Crippen molar-refractivity contribution in [2.24, 2.45) is 0 Å². The van der Waals surface area contributed by atoms with Gasteiger partial charge >= 0.3 is 0 Å². The summed E-state index contributed by atoms with van der Waals surface area (Å²) in [7, 11) is 0. The smallest absolute Gasteiger partial charge is 0.255 e. The first-order valence-corrected chi connectivity index (χ1v) is 11.7. The van der Waals surface area contributed by atoms with Crippen molar-refractivity contribution in [2.45, 2.75) is 12.8 Å². The maximum absolute atomic E-state index is 14.8. The van der Waals surface area contributed by atoms with Gasteiger partial charge in [-0.05, 0) is 35.7 Å². The van der Waals surface area contributed by atoms with Gasteiger partial charge in [0.15, 0.2) is 5.82 Å². The van der Waals surface area contributed by atoms with Gasteiger partial charge in [0.05, 0.1) is 0 Å². The predicted molar refractivity (Wildman–Crippen MR) is 135 cm³/mol. The van der Waals surface area contributed by atoms with Crippen LogP contribution in [0.5, 0.6) is 0 Å². The van der Waals surface area contributed by atoms with E-state index in [4.69, 9.17) is 5.73 Å². The maximum Gasteiger partial charge on any atom is 0.255 e. The normalized spacial score (nSPS) is 14.6. The number of pyridine rings is 1. The molecule has 0 radical (unpaired) electrons. The number of hydrogen-bond donors (Lipinski definition) is 2. The molecule has 2 aromatic carbocycles. The molecule has 2 aromatic heterocycles. The summed E-state index contributed by atoms with van der Waals surface area (Å²) in [5.41, 5.74) is 8.37. The number of aromatic nitrogens is 3. The number of nitrogens with zero attached hydrogens (tertiary/aromatic N) is 4. The third-order valence-corrected chi connectivity index (χ3v) is 6.47. The molecule has 1 fully saturated rings. The van der Waals surface area contributed by atoms with E-state index in [1.54, 1.807) is 42.6 Å². The number of nitrogens with two attached hydrogens (primary N) is 1. The molecule has 186 valence electrons. The van der Waals surface area contributed by atoms with Crippen molar-refractivity contribution >= 4 is 22.3 Å². The summed E-state index contributed by atoms with van der Waals surface area (Å²) in [6, 6.07) is 14.3. The minimum atomic E-state index is -2.28. The Bertz CT molecular complexity index is 1430. The van der Waals surface area contributed by atoms with E-state index in [2.05, 4.69) is 19.9 Å². The second kappa shape index (κ2) is 9.98. The van der Waals surface area contributed by atoms with Crippen LogP contribution < -0.4 is 16.2 Å². The zero-order valence-electron chi connectivity index (χ0n) is 19.4. The lowest BCUT2D eigenvalue weighted by molar-refractivity contribution is 0.114. The van der Waals surface area contributed by atoms with Gasteiger partial charge in [-0.2, -0.15) is 9.37 Å². The topological polar surface area (TPSA) is 91.1 Å². The van der Waals surface area contributed by atoms with E-state index in [-0.39, 0.29) is 23.5 Å². The number of anilines is 2. The van der Waals surface area contributed by atoms with Gasteiger partial charge in [-0.25, -0.2) is 13.8 Å². The van der Waals surface area contributed by atoms with Crippen LogP contribution in [-0.4, -0.2) is 59.0 Å². The summed E-state index contributed by atoms with van der Waals surface area (Å²) in [6.45, 7) is 3.29. The largest absolute Gasteiger partial charge is 0.382 e. The number of alkyl halides is 2. The summed E-state index contributed by atoms with van der Waals surface area (Å²) in [6.07, 6.45) is -0.828. The monoisotopic (exact) mass is 494 g/mol. The molecule has 1 saturated heterocycles. The van der Waals surface area contributed by atoms with Crippen molar-refractivity contribution in [3.05, 3.63) is 71.0 Å². The number of hydrogen-bond acceptors (Lipinski definition) is 6. The van der Waals surface area contributed by atoms with E-state index < -0.39 is 12.4 Å². The van der Waals surface area contributed by atoms with Crippen molar-refractivity contribution in [2.75, 3.05) is 43.4 Å². The summed E-state index contributed by atoms with van der Waals surface area (Å²) >= 11 is 0. The number of rotatable bonds is 6. The Kier molecular flexibility index (Phi) is 6.60. The maximum atomic E-state index is 14.8. The van der Waals surface area contributed by atoms with Gasteiger partial charge in [-0.15, -0.1) is 0 Å². The van der Waals surface area contributed by atoms with Crippen molar-refractivity contribution in [3.8, 4) is 22.5 Å². The lowest BCUT2D eigenvalue weighted by Crippen LogP contribution is -2.46. The van der Waals surface area contributed by atoms with Gasteiger partial charge in [0.2, 0.25) is 12.4 Å². The van der Waals surface area contributed by atoms with Crippen LogP contribution >= 0.6 is 0 Å². The predicted octanol–water partition coefficient (Wildman–Crippen LogP) is 4.15. The molecule has 10 heteroatoms. The highest BCUT2D eigenvalue weighted by Crippen LogP contribution is 2.30. The molecule has 1 aliphatic heterocycles. The van der Waals surface area contributed by atoms with Crippen molar-refractivity contribution in [3.63, 3.8) is 0 Å². The first-order valence-electron chi connectivity index (χ1n) is 11.7. The average Bonchev–Trinajstić information content (AvgIpc) is 2.88. The molecule has 5 rings (SSSR count). The highest BCUT2D eigenvalue weighted by molar-refractivity contribution is 5.87. The number of H-pyrrole nitrogens is 1. The minimum absolute atomic E-state index is 0.0400. The van der Waals surface area contributed by atoms with E-state index >= 15 is 0 Å². The van der Waals surface area contributed by atoms with Crippen LogP contribution in [0.3, 0.4) is 0 Å². The number of nitrogens with one attached hydrogen (secondary N) is 1. The lowest BCUT2D eigenvalue weighted by atomic mass is 10.1. The molecule has 0 spiro atoms. The summed E-state index contributed by atoms with van der Waals surface area (Å²) in [5, 5.41) is 1.24. The summed E-state index contributed by atoms with van der Waals surface area (Å²) < 4.78 is 39.7. The molecular weight excluding hydrogens is 469 g/mol. The Balaban J connectivity index is 1.37. The van der Waals surface area contributed by atoms with Crippen molar-refractivity contribution in [1.82, 2.24) is 19.9 Å². The quantitative estimate of drug-likeness (QED) is 0.419. The van der Waals surface area contributed by atoms with Gasteiger partial charge in [0.1, 0.15) is 11.4 Å². The average molecular weight is 495 g/mol. The molecule has 0 bridgehead atoms. The molecule has 1 aliphatic rings. The first-order chi connectivity index (χ1) is 17.4. The zero-order chi connectivity index (χ0) is 25.2. The third-order valence-electron chi connectivity index (χ3n) is 6.47. The Labute approximate surface area is 205 Å². The number of nitrogen functional groups attached to an aromatic ring is 1. The molecule has 7 nitrogen and oxygen atoms in total. The third kappa shape index (κ3) is 4.90. The van der Waals surface area contributed by atoms with Crippen LogP contribution in [0.15, 0.2) is 59.5 Å². The number of aromatic amines is 1. The number of fused-ring (bicyclic) bond motifs is 1. The van der Waals surface area contributed by atoms with Gasteiger partial charge in [0, 0.05) is 67.5 Å². The fourth-order valence-electron chi connectivity index (χ4n) is 4.50. The van der Waals surface area contributed by atoms with Crippen LogP contribution in [0.1, 0.15) is 6.42 Å². The number of benzene rings is 2. The highest BCUT2D eigenvalue weighted by Gasteiger charge is 2.19. The van der Waals surface area contributed by atoms with Crippen LogP contribution in [-0.2, 0) is 0 Å². The first kappa shape index (κ1) is 23.8. The van der Waals surface area contributed by atoms with E-state index in [0.29, 0.717) is 47.2 Å². The van der Waals surface area contributed by atoms with Crippen molar-refractivity contribution in [1.29, 1.82) is 0 Å². The molecule has 4 aromatic rings. The fraction of sp³-hybridized carbons (Fsp3) is 0.269. The fourth-order valence-corrected chi connectivity index (χ4v) is 4.50. The second-order valence-corrected chi connectivity index (χ2v) is 8.76. The zero-order valence-corrected chi connectivity index (χ0v) is 19.4. The Morgan fingerprint density at radius 2 is 1.67 bits per heavy atom. The number of halogens is 3. The Morgan fingerprint density at radius 1 is 0.944 bits per heavy atom. The van der Waals surface area contributed by atoms with Crippen molar-refractivity contribution < 1.29 is 13.2 Å². The van der Waals surface area contributed by atoms with Gasteiger partial charge in [-0.3, -0.25) is 9.69 Å². The van der Waals surface area contributed by atoms with Crippen LogP contribution in [0.4, 0.5) is 24.7 Å². The molecule has 0 amide bonds. The minimum Gasteiger partial charge on any atom is -0.382 e. The number of piperazine rings is 1. The van der Waals surface area contributed by atoms with E-state index in [1.807, 2.05) is 17.0 Å². The molecule has 0 unspecified atom stereocenters. The van der Waals surface area contributed by atoms with Gasteiger partial charge in [-0.1, -0.05) is 18.2 Å². The molecule has 3 heterocycles. The van der Waals surface area contributed by atoms with E-state index in [1.165, 1.54) is 0 Å². The molecule has 0 atom stereocenters. The molecule has 0 aliphatic carbocycles. The standard InChI is InChI=1S/C26H25F3N6O/c27-21(28)8-10-34-11-13-35(14-12-34)19-4-1-16(2-5-19)22-24(29)33-25(30)23(32-22)18-3-6-20-17(15-18)7-9-31-26(20)36/h1-7,9,15,21H,8,10-14H2,(H2,30,33)(H,31,36). The SMILES string of the molecule is Nc1nc(F)c(-c2ccc(N3CCN(CCC(F)F)CC3)cc2)nc1-c1ccc2c(=O)[nH]ccc2c1. The van der Waals surface area contributed by atoms with Crippen LogP contribution in [0.2, 0.25) is 0 Å². The van der Waals surface area contributed by atoms with E-state index in [0.717, 1.165) is 18.8 Å². The van der Waals surface area contributed by atoms with Crippen LogP contribution in [0.25, 0.3) is 33.3 Å². The highest BCUT2D eigenvalue weighted by atomic mass is 19.3. The molecule has 3 N–H and O–H groups in total. The van der Waals surface area contributed by atoms with Gasteiger partial charge < -0.3 is 15.6 Å². The van der Waals surface area contributed by atoms with E-state index in [9.17, 15) is 18.0 Å². The second-order valence-electron chi connectivity index (χ2n) is 8.76. The summed E-state index contributed by atoms with van der Waals surface area (Å²) in [5.74, 6) is -0.810.